The number of nitrogens with two attached hydrogens (primary N) is 1. The average Bonchev–Trinajstić information content (AvgIpc) is 2.30. The Morgan fingerprint density at radius 3 is 2.58 bits per heavy atom. The molecule has 0 saturated carbocycles. The third-order valence-corrected chi connectivity index (χ3v) is 2.02. The molecule has 4 nitrogen and oxygen atoms in total. The Morgan fingerprint density at radius 1 is 1.50 bits per heavy atom. The van der Waals surface area contributed by atoms with Crippen molar-refractivity contribution < 1.29 is 0 Å². The first-order valence-electron chi connectivity index (χ1n) is 4.13. The van der Waals surface area contributed by atoms with Crippen LogP contribution in [0.15, 0.2) is 4.79 Å². The van der Waals surface area contributed by atoms with E-state index in [0.29, 0.717) is 13.1 Å². The van der Waals surface area contributed by atoms with Crippen molar-refractivity contribution in [1.29, 1.82) is 0 Å². The Bertz CT molecular complexity index is 311. The van der Waals surface area contributed by atoms with Crippen LogP contribution < -0.4 is 11.3 Å². The molecule has 0 saturated heterocycles. The molecule has 0 aromatic carbocycles. The second kappa shape index (κ2) is 3.58. The van der Waals surface area contributed by atoms with E-state index in [9.17, 15) is 4.79 Å². The third-order valence-electron chi connectivity index (χ3n) is 2.02. The van der Waals surface area contributed by atoms with E-state index in [1.807, 2.05) is 13.8 Å². The largest absolute Gasteiger partial charge is 0.330 e. The zero-order chi connectivity index (χ0) is 9.14. The molecule has 4 heteroatoms. The summed E-state index contributed by atoms with van der Waals surface area (Å²) in [5.41, 5.74) is 7.15. The van der Waals surface area contributed by atoms with Gasteiger partial charge >= 0.3 is 0 Å². The first-order chi connectivity index (χ1) is 5.66. The highest BCUT2D eigenvalue weighted by atomic mass is 16.1. The summed E-state index contributed by atoms with van der Waals surface area (Å²) < 4.78 is 1.61. The van der Waals surface area contributed by atoms with Gasteiger partial charge < -0.3 is 5.73 Å². The molecule has 0 aliphatic heterocycles. The predicted molar refractivity (Wildman–Crippen MR) is 48.2 cm³/mol. The molecule has 0 unspecified atom stereocenters. The van der Waals surface area contributed by atoms with Gasteiger partial charge in [0.2, 0.25) is 0 Å². The molecule has 1 rings (SSSR count). The average molecular weight is 169 g/mol. The van der Waals surface area contributed by atoms with Gasteiger partial charge in [-0.05, 0) is 26.8 Å². The maximum Gasteiger partial charge on any atom is 0.269 e. The number of nitrogens with one attached hydrogen (secondary N) is 1. The summed E-state index contributed by atoms with van der Waals surface area (Å²) in [5.74, 6) is 0. The smallest absolute Gasteiger partial charge is 0.269 e. The molecule has 0 fully saturated rings. The number of nitrogens with zero attached hydrogens (tertiary/aromatic N) is 1. The fourth-order valence-corrected chi connectivity index (χ4v) is 1.11. The van der Waals surface area contributed by atoms with Crippen molar-refractivity contribution >= 4 is 0 Å². The highest BCUT2D eigenvalue weighted by molar-refractivity contribution is 5.12. The highest BCUT2D eigenvalue weighted by Crippen LogP contribution is 1.96. The van der Waals surface area contributed by atoms with Crippen molar-refractivity contribution in [3.05, 3.63) is 21.6 Å². The Balaban J connectivity index is 2.87. The number of aromatic amines is 1. The van der Waals surface area contributed by atoms with Crippen molar-refractivity contribution in [3.8, 4) is 0 Å². The summed E-state index contributed by atoms with van der Waals surface area (Å²) in [4.78, 5) is 11.4. The summed E-state index contributed by atoms with van der Waals surface area (Å²) in [7, 11) is 0. The Hall–Kier alpha value is -1.03. The number of aryl methyl sites for hydroxylation is 2. The van der Waals surface area contributed by atoms with E-state index in [1.54, 1.807) is 4.68 Å². The maximum absolute atomic E-state index is 11.4. The number of hydrogen-bond donors (Lipinski definition) is 2. The minimum Gasteiger partial charge on any atom is -0.330 e. The SMILES string of the molecule is Cc1[nH]n(CCCN)c(=O)c1C. The van der Waals surface area contributed by atoms with Gasteiger partial charge in [-0.3, -0.25) is 14.6 Å². The third kappa shape index (κ3) is 1.58. The number of hydrogen-bond acceptors (Lipinski definition) is 2. The van der Waals surface area contributed by atoms with Gasteiger partial charge in [0.1, 0.15) is 0 Å². The van der Waals surface area contributed by atoms with E-state index in [4.69, 9.17) is 5.73 Å². The van der Waals surface area contributed by atoms with Gasteiger partial charge in [-0.15, -0.1) is 0 Å². The van der Waals surface area contributed by atoms with Gasteiger partial charge in [0.25, 0.3) is 5.56 Å². The number of H-pyrrole nitrogens is 1. The first kappa shape index (κ1) is 9.06. The van der Waals surface area contributed by atoms with E-state index in [1.165, 1.54) is 0 Å². The molecule has 0 atom stereocenters. The summed E-state index contributed by atoms with van der Waals surface area (Å²) >= 11 is 0. The van der Waals surface area contributed by atoms with Gasteiger partial charge in [-0.2, -0.15) is 0 Å². The fourth-order valence-electron chi connectivity index (χ4n) is 1.11. The van der Waals surface area contributed by atoms with Crippen molar-refractivity contribution in [2.45, 2.75) is 26.8 Å². The van der Waals surface area contributed by atoms with Crippen LogP contribution in [-0.2, 0) is 6.54 Å². The minimum atomic E-state index is 0.0703. The normalized spacial score (nSPS) is 10.6. The van der Waals surface area contributed by atoms with Crippen molar-refractivity contribution in [2.75, 3.05) is 6.54 Å². The lowest BCUT2D eigenvalue weighted by molar-refractivity contribution is 0.565. The lowest BCUT2D eigenvalue weighted by Crippen LogP contribution is -2.19. The molecule has 0 spiro atoms. The van der Waals surface area contributed by atoms with Gasteiger partial charge in [-0.1, -0.05) is 0 Å². The summed E-state index contributed by atoms with van der Waals surface area (Å²) in [6.07, 6.45) is 0.833. The standard InChI is InChI=1S/C8H15N3O/c1-6-7(2)10-11(8(6)12)5-3-4-9/h10H,3-5,9H2,1-2H3. The second-order valence-corrected chi connectivity index (χ2v) is 2.96. The van der Waals surface area contributed by atoms with E-state index in [2.05, 4.69) is 5.10 Å². The predicted octanol–water partition coefficient (Wildman–Crippen LogP) is 0.142. The van der Waals surface area contributed by atoms with Crippen molar-refractivity contribution in [2.24, 2.45) is 5.73 Å². The number of aromatic nitrogens is 2. The monoisotopic (exact) mass is 169 g/mol. The Labute approximate surface area is 71.4 Å². The maximum atomic E-state index is 11.4. The van der Waals surface area contributed by atoms with Crippen LogP contribution in [-0.4, -0.2) is 16.3 Å². The molecule has 0 amide bonds. The van der Waals surface area contributed by atoms with Gasteiger partial charge in [0, 0.05) is 17.8 Å². The van der Waals surface area contributed by atoms with Crippen LogP contribution in [0.2, 0.25) is 0 Å². The highest BCUT2D eigenvalue weighted by Gasteiger charge is 2.04. The van der Waals surface area contributed by atoms with E-state index >= 15 is 0 Å². The van der Waals surface area contributed by atoms with Crippen LogP contribution in [0.5, 0.6) is 0 Å². The lowest BCUT2D eigenvalue weighted by atomic mass is 10.3. The Kier molecular flexibility index (Phi) is 2.70. The molecule has 0 bridgehead atoms. The van der Waals surface area contributed by atoms with Crippen LogP contribution in [0, 0.1) is 13.8 Å². The fraction of sp³-hybridized carbons (Fsp3) is 0.625. The van der Waals surface area contributed by atoms with Gasteiger partial charge in [0.05, 0.1) is 0 Å². The van der Waals surface area contributed by atoms with E-state index in [-0.39, 0.29) is 5.56 Å². The lowest BCUT2D eigenvalue weighted by Gasteiger charge is -1.97. The van der Waals surface area contributed by atoms with E-state index < -0.39 is 0 Å². The quantitative estimate of drug-likeness (QED) is 0.676. The summed E-state index contributed by atoms with van der Waals surface area (Å²) in [5, 5.41) is 3.00. The molecule has 1 aromatic heterocycles. The molecule has 3 N–H and O–H groups in total. The van der Waals surface area contributed by atoms with Crippen LogP contribution in [0.1, 0.15) is 17.7 Å². The molecule has 1 heterocycles. The minimum absolute atomic E-state index is 0.0703. The van der Waals surface area contributed by atoms with Crippen molar-refractivity contribution in [1.82, 2.24) is 9.78 Å². The molecule has 0 aliphatic rings. The van der Waals surface area contributed by atoms with Gasteiger partial charge in [-0.25, -0.2) is 0 Å². The van der Waals surface area contributed by atoms with Crippen LogP contribution in [0.25, 0.3) is 0 Å². The topological polar surface area (TPSA) is 63.8 Å². The molecule has 1 aromatic rings. The zero-order valence-electron chi connectivity index (χ0n) is 7.55. The van der Waals surface area contributed by atoms with Crippen molar-refractivity contribution in [3.63, 3.8) is 0 Å². The first-order valence-corrected chi connectivity index (χ1v) is 4.13. The second-order valence-electron chi connectivity index (χ2n) is 2.96. The zero-order valence-corrected chi connectivity index (χ0v) is 7.55. The molecular weight excluding hydrogens is 154 g/mol. The molecule has 68 valence electrons. The summed E-state index contributed by atoms with van der Waals surface area (Å²) in [6.45, 7) is 5.02. The van der Waals surface area contributed by atoms with Crippen LogP contribution in [0.3, 0.4) is 0 Å². The molecular formula is C8H15N3O. The molecule has 0 radical (unpaired) electrons. The van der Waals surface area contributed by atoms with Crippen LogP contribution in [0.4, 0.5) is 0 Å². The van der Waals surface area contributed by atoms with Crippen LogP contribution >= 0.6 is 0 Å². The number of rotatable bonds is 3. The summed E-state index contributed by atoms with van der Waals surface area (Å²) in [6, 6.07) is 0. The Morgan fingerprint density at radius 2 is 2.17 bits per heavy atom. The molecule has 12 heavy (non-hydrogen) atoms. The van der Waals surface area contributed by atoms with Gasteiger partial charge in [0.15, 0.2) is 0 Å². The van der Waals surface area contributed by atoms with E-state index in [0.717, 1.165) is 17.7 Å². The molecule has 0 aliphatic carbocycles.